The summed E-state index contributed by atoms with van der Waals surface area (Å²) in [7, 11) is 4.03. The maximum absolute atomic E-state index is 12.7. The third kappa shape index (κ3) is 4.11. The van der Waals surface area contributed by atoms with E-state index in [2.05, 4.69) is 16.3 Å². The molecule has 2 unspecified atom stereocenters. The lowest BCUT2D eigenvalue weighted by molar-refractivity contribution is -0.125. The minimum Gasteiger partial charge on any atom is -0.352 e. The Morgan fingerprint density at radius 3 is 2.68 bits per heavy atom. The highest BCUT2D eigenvalue weighted by molar-refractivity contribution is 7.12. The fourth-order valence-corrected chi connectivity index (χ4v) is 4.76. The second kappa shape index (κ2) is 8.12. The van der Waals surface area contributed by atoms with E-state index in [0.717, 1.165) is 12.8 Å². The molecule has 25 heavy (non-hydrogen) atoms. The smallest absolute Gasteiger partial charge is 0.264 e. The number of hydrogen-bond acceptors (Lipinski definition) is 5. The summed E-state index contributed by atoms with van der Waals surface area (Å²) in [6.45, 7) is 1.20. The largest absolute Gasteiger partial charge is 0.352 e. The molecule has 5 nitrogen and oxygen atoms in total. The number of likely N-dealkylation sites (N-methyl/N-ethyl adjacent to an activating group) is 1. The minimum absolute atomic E-state index is 0.0323. The Hall–Kier alpha value is -1.70. The summed E-state index contributed by atoms with van der Waals surface area (Å²) < 4.78 is 0. The molecule has 1 N–H and O–H groups in total. The van der Waals surface area contributed by atoms with E-state index in [0.29, 0.717) is 18.0 Å². The van der Waals surface area contributed by atoms with Crippen LogP contribution in [0.15, 0.2) is 35.0 Å². The molecule has 3 rings (SSSR count). The number of nitrogens with one attached hydrogen (secondary N) is 1. The number of likely N-dealkylation sites (tertiary alicyclic amines) is 1. The Morgan fingerprint density at radius 2 is 2.04 bits per heavy atom. The Morgan fingerprint density at radius 1 is 1.28 bits per heavy atom. The topological polar surface area (TPSA) is 52.7 Å². The van der Waals surface area contributed by atoms with Crippen molar-refractivity contribution >= 4 is 34.5 Å². The Bertz CT molecular complexity index is 698. The van der Waals surface area contributed by atoms with Gasteiger partial charge in [0.2, 0.25) is 5.91 Å². The Kier molecular flexibility index (Phi) is 5.88. The van der Waals surface area contributed by atoms with E-state index < -0.39 is 0 Å². The molecular weight excluding hydrogens is 354 g/mol. The van der Waals surface area contributed by atoms with Gasteiger partial charge in [-0.25, -0.2) is 0 Å². The van der Waals surface area contributed by atoms with Gasteiger partial charge in [-0.3, -0.25) is 9.59 Å². The van der Waals surface area contributed by atoms with Gasteiger partial charge in [0.05, 0.1) is 10.9 Å². The van der Waals surface area contributed by atoms with Crippen LogP contribution in [0.1, 0.15) is 33.4 Å². The van der Waals surface area contributed by atoms with Crippen molar-refractivity contribution in [3.63, 3.8) is 0 Å². The molecule has 0 bridgehead atoms. The lowest BCUT2D eigenvalue weighted by atomic mass is 10.1. The van der Waals surface area contributed by atoms with E-state index in [4.69, 9.17) is 0 Å². The highest BCUT2D eigenvalue weighted by Gasteiger charge is 2.35. The molecule has 2 amide bonds. The molecule has 134 valence electrons. The van der Waals surface area contributed by atoms with Crippen LogP contribution in [-0.4, -0.2) is 54.8 Å². The van der Waals surface area contributed by atoms with Crippen molar-refractivity contribution < 1.29 is 9.59 Å². The van der Waals surface area contributed by atoms with Crippen molar-refractivity contribution in [2.24, 2.45) is 0 Å². The molecule has 2 atom stereocenters. The summed E-state index contributed by atoms with van der Waals surface area (Å²) in [5, 5.41) is 7.00. The first-order chi connectivity index (χ1) is 12.1. The summed E-state index contributed by atoms with van der Waals surface area (Å²) >= 11 is 3.11. The van der Waals surface area contributed by atoms with Gasteiger partial charge >= 0.3 is 0 Å². The molecule has 7 heteroatoms. The molecule has 0 aromatic carbocycles. The van der Waals surface area contributed by atoms with Crippen molar-refractivity contribution in [2.75, 3.05) is 27.2 Å². The van der Waals surface area contributed by atoms with Crippen molar-refractivity contribution in [1.82, 2.24) is 15.1 Å². The first-order valence-corrected chi connectivity index (χ1v) is 10.2. The lowest BCUT2D eigenvalue weighted by Gasteiger charge is -2.27. The van der Waals surface area contributed by atoms with Crippen molar-refractivity contribution in [3.8, 4) is 0 Å². The van der Waals surface area contributed by atoms with Gasteiger partial charge < -0.3 is 15.1 Å². The van der Waals surface area contributed by atoms with Crippen molar-refractivity contribution in [2.45, 2.75) is 24.9 Å². The Labute approximate surface area is 156 Å². The van der Waals surface area contributed by atoms with Crippen LogP contribution in [0.2, 0.25) is 0 Å². The van der Waals surface area contributed by atoms with Crippen LogP contribution < -0.4 is 5.32 Å². The molecule has 1 fully saturated rings. The predicted octanol–water partition coefficient (Wildman–Crippen LogP) is 2.83. The second-order valence-electron chi connectivity index (χ2n) is 6.37. The number of carbonyl (C=O) groups is 2. The van der Waals surface area contributed by atoms with Crippen LogP contribution >= 0.6 is 22.7 Å². The molecule has 0 aliphatic carbocycles. The minimum atomic E-state index is -0.360. The maximum atomic E-state index is 12.7. The molecule has 3 heterocycles. The van der Waals surface area contributed by atoms with Gasteiger partial charge in [-0.1, -0.05) is 12.1 Å². The van der Waals surface area contributed by atoms with Crippen molar-refractivity contribution in [3.05, 3.63) is 44.8 Å². The molecule has 1 aliphatic rings. The number of carbonyl (C=O) groups excluding carboxylic acids is 2. The number of nitrogens with zero attached hydrogens (tertiary/aromatic N) is 2. The lowest BCUT2D eigenvalue weighted by Crippen LogP contribution is -2.47. The maximum Gasteiger partial charge on any atom is 0.264 e. The third-order valence-electron chi connectivity index (χ3n) is 4.51. The monoisotopic (exact) mass is 377 g/mol. The molecule has 0 radical (unpaired) electrons. The summed E-state index contributed by atoms with van der Waals surface area (Å²) in [4.78, 5) is 31.1. The standard InChI is InChI=1S/C18H23N3O2S2/c1-20(2)14(15-7-4-10-24-15)12-19-17(22)13-6-3-9-21(13)18(23)16-8-5-11-25-16/h4-5,7-8,10-11,13-14H,3,6,9,12H2,1-2H3,(H,19,22). The highest BCUT2D eigenvalue weighted by Crippen LogP contribution is 2.24. The zero-order valence-corrected chi connectivity index (χ0v) is 16.1. The normalized spacial score (nSPS) is 18.5. The van der Waals surface area contributed by atoms with Crippen LogP contribution in [-0.2, 0) is 4.79 Å². The highest BCUT2D eigenvalue weighted by atomic mass is 32.1. The molecular formula is C18H23N3O2S2. The van der Waals surface area contributed by atoms with Gasteiger partial charge in [0.15, 0.2) is 0 Å². The summed E-state index contributed by atoms with van der Waals surface area (Å²) in [5.74, 6) is -0.0825. The fourth-order valence-electron chi connectivity index (χ4n) is 3.16. The molecule has 2 aromatic rings. The molecule has 1 saturated heterocycles. The average molecular weight is 378 g/mol. The summed E-state index contributed by atoms with van der Waals surface area (Å²) in [6.07, 6.45) is 1.60. The third-order valence-corrected chi connectivity index (χ3v) is 6.34. The molecule has 1 aliphatic heterocycles. The fraction of sp³-hybridized carbons (Fsp3) is 0.444. The molecule has 2 aromatic heterocycles. The first kappa shape index (κ1) is 18.1. The van der Waals surface area contributed by atoms with Gasteiger partial charge in [0, 0.05) is 18.0 Å². The van der Waals surface area contributed by atoms with Gasteiger partial charge in [-0.05, 0) is 49.8 Å². The van der Waals surface area contributed by atoms with E-state index >= 15 is 0 Å². The van der Waals surface area contributed by atoms with Gasteiger partial charge in [0.1, 0.15) is 6.04 Å². The van der Waals surface area contributed by atoms with E-state index in [1.54, 1.807) is 16.2 Å². The molecule has 0 saturated carbocycles. The summed E-state index contributed by atoms with van der Waals surface area (Å²) in [6, 6.07) is 7.58. The van der Waals surface area contributed by atoms with E-state index in [1.165, 1.54) is 16.2 Å². The zero-order chi connectivity index (χ0) is 17.8. The SMILES string of the molecule is CN(C)C(CNC(=O)C1CCCN1C(=O)c1cccs1)c1cccs1. The van der Waals surface area contributed by atoms with Crippen LogP contribution in [0.3, 0.4) is 0 Å². The van der Waals surface area contributed by atoms with E-state index in [-0.39, 0.29) is 23.9 Å². The van der Waals surface area contributed by atoms with Gasteiger partial charge in [0.25, 0.3) is 5.91 Å². The number of thiophene rings is 2. The van der Waals surface area contributed by atoms with Gasteiger partial charge in [-0.15, -0.1) is 22.7 Å². The zero-order valence-electron chi connectivity index (χ0n) is 14.5. The quantitative estimate of drug-likeness (QED) is 0.842. The first-order valence-electron chi connectivity index (χ1n) is 8.40. The average Bonchev–Trinajstić information content (AvgIpc) is 3.34. The number of amides is 2. The predicted molar refractivity (Wildman–Crippen MR) is 102 cm³/mol. The van der Waals surface area contributed by atoms with Gasteiger partial charge in [-0.2, -0.15) is 0 Å². The van der Waals surface area contributed by atoms with Crippen molar-refractivity contribution in [1.29, 1.82) is 0 Å². The number of rotatable bonds is 6. The molecule has 0 spiro atoms. The van der Waals surface area contributed by atoms with Crippen LogP contribution in [0.4, 0.5) is 0 Å². The van der Waals surface area contributed by atoms with Crippen LogP contribution in [0.5, 0.6) is 0 Å². The van der Waals surface area contributed by atoms with E-state index in [1.807, 2.05) is 43.1 Å². The van der Waals surface area contributed by atoms with Crippen LogP contribution in [0.25, 0.3) is 0 Å². The summed E-state index contributed by atoms with van der Waals surface area (Å²) in [5.41, 5.74) is 0. The second-order valence-corrected chi connectivity index (χ2v) is 8.30. The van der Waals surface area contributed by atoms with Crippen LogP contribution in [0, 0.1) is 0 Å². The number of hydrogen-bond donors (Lipinski definition) is 1. The Balaban J connectivity index is 1.63. The van der Waals surface area contributed by atoms with E-state index in [9.17, 15) is 9.59 Å².